The van der Waals surface area contributed by atoms with Crippen LogP contribution >= 0.6 is 15.9 Å². The molecule has 0 unspecified atom stereocenters. The fourth-order valence-electron chi connectivity index (χ4n) is 5.25. The van der Waals surface area contributed by atoms with Gasteiger partial charge < -0.3 is 13.6 Å². The molecule has 2 bridgehead atoms. The molecule has 0 N–H and O–H groups in total. The van der Waals surface area contributed by atoms with E-state index in [1.54, 1.807) is 0 Å². The summed E-state index contributed by atoms with van der Waals surface area (Å²) in [5.41, 5.74) is -1.24. The maximum atomic E-state index is 13.9. The molecule has 0 aromatic heterocycles. The largest absolute Gasteiger partial charge is 0.416 e. The second-order valence-corrected chi connectivity index (χ2v) is 24.0. The van der Waals surface area contributed by atoms with Crippen LogP contribution in [-0.4, -0.2) is 46.8 Å². The van der Waals surface area contributed by atoms with Crippen LogP contribution in [0.3, 0.4) is 0 Å². The number of Topliss-reactive ketones (excluding diaryl/α,β-unsaturated/α-hetero) is 1. The predicted octanol–water partition coefficient (Wildman–Crippen LogP) is 7.20. The summed E-state index contributed by atoms with van der Waals surface area (Å²) in [6, 6.07) is 0. The molecule has 1 aliphatic carbocycles. The summed E-state index contributed by atoms with van der Waals surface area (Å²) in [4.78, 5) is 13.9. The normalized spacial score (nSPS) is 36.2. The van der Waals surface area contributed by atoms with Crippen LogP contribution in [0.2, 0.25) is 36.3 Å². The van der Waals surface area contributed by atoms with Crippen molar-refractivity contribution in [3.8, 4) is 0 Å². The van der Waals surface area contributed by atoms with Crippen molar-refractivity contribution in [1.82, 2.24) is 0 Å². The molecule has 0 aromatic rings. The second kappa shape index (κ2) is 8.12. The molecule has 2 heterocycles. The van der Waals surface area contributed by atoms with Gasteiger partial charge >= 0.3 is 0 Å². The Labute approximate surface area is 206 Å². The monoisotopic (exact) mass is 544 g/mol. The Morgan fingerprint density at radius 2 is 1.62 bits per heavy atom. The van der Waals surface area contributed by atoms with Crippen LogP contribution in [-0.2, 0) is 18.4 Å². The van der Waals surface area contributed by atoms with Gasteiger partial charge in [-0.3, -0.25) is 4.79 Å². The zero-order valence-electron chi connectivity index (χ0n) is 22.1. The van der Waals surface area contributed by atoms with E-state index in [1.165, 1.54) is 0 Å². The molecule has 1 saturated heterocycles. The first-order valence-electron chi connectivity index (χ1n) is 12.2. The van der Waals surface area contributed by atoms with Gasteiger partial charge in [0, 0.05) is 17.9 Å². The van der Waals surface area contributed by atoms with Gasteiger partial charge in [0.2, 0.25) is 5.78 Å². The maximum Gasteiger partial charge on any atom is 0.202 e. The van der Waals surface area contributed by atoms with Gasteiger partial charge in [-0.05, 0) is 77.5 Å². The van der Waals surface area contributed by atoms with Crippen LogP contribution in [0, 0.1) is 11.3 Å². The topological polar surface area (TPSA) is 44.8 Å². The van der Waals surface area contributed by atoms with Crippen LogP contribution in [0.4, 0.5) is 0 Å². The van der Waals surface area contributed by atoms with Crippen molar-refractivity contribution < 1.29 is 18.4 Å². The van der Waals surface area contributed by atoms with E-state index < -0.39 is 22.2 Å². The maximum absolute atomic E-state index is 13.9. The van der Waals surface area contributed by atoms with Crippen LogP contribution in [0.15, 0.2) is 10.6 Å². The number of ether oxygens (including phenoxy) is 1. The highest BCUT2D eigenvalue weighted by Crippen LogP contribution is 2.63. The first-order chi connectivity index (χ1) is 14.3. The van der Waals surface area contributed by atoms with E-state index >= 15 is 0 Å². The van der Waals surface area contributed by atoms with Gasteiger partial charge in [0.05, 0.1) is 16.7 Å². The number of carbonyl (C=O) groups excluding carboxylic acids is 1. The van der Waals surface area contributed by atoms with Crippen LogP contribution < -0.4 is 0 Å². The van der Waals surface area contributed by atoms with Gasteiger partial charge in [0.1, 0.15) is 5.60 Å². The first kappa shape index (κ1) is 26.8. The molecule has 1 spiro atoms. The van der Waals surface area contributed by atoms with Crippen molar-refractivity contribution in [2.75, 3.05) is 6.61 Å². The minimum Gasteiger partial charge on any atom is -0.416 e. The summed E-state index contributed by atoms with van der Waals surface area (Å²) in [6.07, 6.45) is 4.61. The smallest absolute Gasteiger partial charge is 0.202 e. The van der Waals surface area contributed by atoms with E-state index in [4.69, 9.17) is 13.6 Å². The lowest BCUT2D eigenvalue weighted by atomic mass is 9.56. The zero-order valence-corrected chi connectivity index (χ0v) is 25.7. The molecule has 0 amide bonds. The number of halogens is 1. The number of rotatable bonds is 5. The van der Waals surface area contributed by atoms with Gasteiger partial charge in [-0.25, -0.2) is 0 Å². The Morgan fingerprint density at radius 3 is 2.16 bits per heavy atom. The van der Waals surface area contributed by atoms with Gasteiger partial charge in [0.15, 0.2) is 16.6 Å². The van der Waals surface area contributed by atoms with E-state index in [-0.39, 0.29) is 39.4 Å². The summed E-state index contributed by atoms with van der Waals surface area (Å²) in [7, 11) is -3.94. The van der Waals surface area contributed by atoms with E-state index in [0.29, 0.717) is 11.1 Å². The lowest BCUT2D eigenvalue weighted by Crippen LogP contribution is -2.66. The van der Waals surface area contributed by atoms with Crippen molar-refractivity contribution in [2.45, 2.75) is 122 Å². The quantitative estimate of drug-likeness (QED) is 0.343. The van der Waals surface area contributed by atoms with Gasteiger partial charge in [-0.15, -0.1) is 0 Å². The second-order valence-electron chi connectivity index (χ2n) is 13.6. The van der Waals surface area contributed by atoms with Gasteiger partial charge in [-0.2, -0.15) is 0 Å². The third kappa shape index (κ3) is 4.11. The van der Waals surface area contributed by atoms with Crippen LogP contribution in [0.25, 0.3) is 0 Å². The van der Waals surface area contributed by atoms with Crippen LogP contribution in [0.5, 0.6) is 0 Å². The van der Waals surface area contributed by atoms with Crippen molar-refractivity contribution in [3.63, 3.8) is 0 Å². The third-order valence-corrected chi connectivity index (χ3v) is 19.1. The Hall–Kier alpha value is 0.204. The highest BCUT2D eigenvalue weighted by Gasteiger charge is 2.71. The summed E-state index contributed by atoms with van der Waals surface area (Å²) in [5.74, 6) is 0.126. The lowest BCUT2D eigenvalue weighted by molar-refractivity contribution is -0.188. The molecule has 0 aromatic carbocycles. The van der Waals surface area contributed by atoms with Crippen molar-refractivity contribution in [2.24, 2.45) is 11.3 Å². The first-order valence-corrected chi connectivity index (χ1v) is 18.8. The molecular formula is C25H45BrO4Si2. The van der Waals surface area contributed by atoms with E-state index in [2.05, 4.69) is 90.6 Å². The molecule has 2 aliphatic heterocycles. The minimum atomic E-state index is -2.00. The summed E-state index contributed by atoms with van der Waals surface area (Å²) in [5, 5.41) is 0.253. The van der Waals surface area contributed by atoms with Crippen molar-refractivity contribution in [1.29, 1.82) is 0 Å². The summed E-state index contributed by atoms with van der Waals surface area (Å²) < 4.78 is 21.1. The number of fused-ring (bicyclic) bond motifs is 1. The molecular weight excluding hydrogens is 500 g/mol. The standard InChI is InChI=1S/C25H45BrO4Si2/c1-22(2,3)31(8,9)28-16-17-12-13-20(30-32(10,11)23(4,5)6)24(7)15-18-14-19(26)21(27)25(17,24)29-18/h14,17-18,20H,12-13,15-16H2,1-11H3/t17-,18+,20+,24-,25+/m1/s1. The van der Waals surface area contributed by atoms with Crippen LogP contribution in [0.1, 0.15) is 67.7 Å². The summed E-state index contributed by atoms with van der Waals surface area (Å²) in [6.45, 7) is 25.7. The zero-order chi connectivity index (χ0) is 24.5. The molecule has 0 radical (unpaired) electrons. The number of carbonyl (C=O) groups is 1. The highest BCUT2D eigenvalue weighted by molar-refractivity contribution is 9.12. The average Bonchev–Trinajstić information content (AvgIpc) is 2.88. The SMILES string of the molecule is CC(C)(C)[Si](C)(C)OC[C@H]1CC[C@H](O[Si](C)(C)C(C)(C)C)[C@@]2(C)C[C@@H]3C=C(Br)C(=O)[C@@]12O3. The van der Waals surface area contributed by atoms with E-state index in [9.17, 15) is 4.79 Å². The number of hydrogen-bond acceptors (Lipinski definition) is 4. The van der Waals surface area contributed by atoms with E-state index in [1.807, 2.05) is 6.08 Å². The lowest BCUT2D eigenvalue weighted by Gasteiger charge is -2.56. The molecule has 32 heavy (non-hydrogen) atoms. The number of hydrogen-bond donors (Lipinski definition) is 0. The Bertz CT molecular complexity index is 795. The third-order valence-electron chi connectivity index (χ3n) is 9.45. The predicted molar refractivity (Wildman–Crippen MR) is 140 cm³/mol. The van der Waals surface area contributed by atoms with Gasteiger partial charge in [-0.1, -0.05) is 48.5 Å². The molecule has 3 aliphatic rings. The Balaban J connectivity index is 1.98. The van der Waals surface area contributed by atoms with Crippen molar-refractivity contribution >= 4 is 38.3 Å². The molecule has 2 fully saturated rings. The molecule has 184 valence electrons. The fraction of sp³-hybridized carbons (Fsp3) is 0.880. The fourth-order valence-corrected chi connectivity index (χ4v) is 8.33. The molecule has 7 heteroatoms. The van der Waals surface area contributed by atoms with Gasteiger partial charge in [0.25, 0.3) is 0 Å². The minimum absolute atomic E-state index is 0.0215. The molecule has 3 rings (SSSR count). The van der Waals surface area contributed by atoms with E-state index in [0.717, 1.165) is 19.3 Å². The number of ketones is 1. The molecule has 1 saturated carbocycles. The molecule has 5 atom stereocenters. The van der Waals surface area contributed by atoms with Crippen molar-refractivity contribution in [3.05, 3.63) is 10.6 Å². The summed E-state index contributed by atoms with van der Waals surface area (Å²) >= 11 is 3.59. The average molecular weight is 546 g/mol. The Kier molecular flexibility index (Phi) is 6.80. The molecule has 4 nitrogen and oxygen atoms in total. The highest BCUT2D eigenvalue weighted by atomic mass is 79.9. The Morgan fingerprint density at radius 1 is 1.06 bits per heavy atom.